The molecular weight excluding hydrogens is 343 g/mol. The van der Waals surface area contributed by atoms with Crippen molar-refractivity contribution < 1.29 is 14.0 Å². The maximum atomic E-state index is 13.5. The molecule has 0 saturated carbocycles. The second-order valence-electron chi connectivity index (χ2n) is 6.87. The van der Waals surface area contributed by atoms with Crippen LogP contribution < -0.4 is 10.6 Å². The molecule has 2 amide bonds. The van der Waals surface area contributed by atoms with Gasteiger partial charge in [0.05, 0.1) is 12.0 Å². The van der Waals surface area contributed by atoms with Crippen molar-refractivity contribution in [3.05, 3.63) is 77.6 Å². The Hall–Kier alpha value is -3.21. The zero-order chi connectivity index (χ0) is 19.0. The fourth-order valence-electron chi connectivity index (χ4n) is 3.55. The van der Waals surface area contributed by atoms with Gasteiger partial charge in [-0.2, -0.15) is 0 Å². The highest BCUT2D eigenvalue weighted by atomic mass is 19.1. The molecule has 0 fully saturated rings. The van der Waals surface area contributed by atoms with E-state index in [2.05, 4.69) is 16.7 Å². The van der Waals surface area contributed by atoms with Gasteiger partial charge in [0.1, 0.15) is 5.82 Å². The molecule has 27 heavy (non-hydrogen) atoms. The molecule has 0 radical (unpaired) electrons. The standard InChI is InChI=1S/C22H19FN2O2/c1-13(15-7-6-14-4-2-3-5-16(14)10-15)24-22(27)19-12-21(26)25-20-11-17(23)8-9-18(19)20/h2-11,13,19H,12H2,1H3,(H,24,27)(H,25,26). The number of amides is 2. The Kier molecular flexibility index (Phi) is 4.36. The largest absolute Gasteiger partial charge is 0.349 e. The minimum absolute atomic E-state index is 0.0505. The molecule has 4 nitrogen and oxygen atoms in total. The van der Waals surface area contributed by atoms with Crippen LogP contribution in [0.5, 0.6) is 0 Å². The van der Waals surface area contributed by atoms with Crippen molar-refractivity contribution in [1.82, 2.24) is 5.32 Å². The van der Waals surface area contributed by atoms with Crippen molar-refractivity contribution in [3.8, 4) is 0 Å². The fourth-order valence-corrected chi connectivity index (χ4v) is 3.55. The highest BCUT2D eigenvalue weighted by Gasteiger charge is 2.31. The summed E-state index contributed by atoms with van der Waals surface area (Å²) < 4.78 is 13.5. The van der Waals surface area contributed by atoms with Crippen molar-refractivity contribution in [2.24, 2.45) is 0 Å². The van der Waals surface area contributed by atoms with E-state index in [0.29, 0.717) is 11.3 Å². The fraction of sp³-hybridized carbons (Fsp3) is 0.182. The number of carbonyl (C=O) groups excluding carboxylic acids is 2. The van der Waals surface area contributed by atoms with E-state index in [0.717, 1.165) is 16.3 Å². The summed E-state index contributed by atoms with van der Waals surface area (Å²) in [5, 5.41) is 7.87. The quantitative estimate of drug-likeness (QED) is 0.731. The zero-order valence-electron chi connectivity index (χ0n) is 14.8. The molecule has 0 aromatic heterocycles. The lowest BCUT2D eigenvalue weighted by Gasteiger charge is -2.26. The number of carbonyl (C=O) groups is 2. The summed E-state index contributed by atoms with van der Waals surface area (Å²) in [6, 6.07) is 18.0. The number of benzene rings is 3. The van der Waals surface area contributed by atoms with E-state index in [1.54, 1.807) is 6.07 Å². The van der Waals surface area contributed by atoms with Gasteiger partial charge in [0.2, 0.25) is 11.8 Å². The number of anilines is 1. The molecule has 2 N–H and O–H groups in total. The van der Waals surface area contributed by atoms with Gasteiger partial charge in [-0.05, 0) is 47.0 Å². The van der Waals surface area contributed by atoms with Gasteiger partial charge in [-0.25, -0.2) is 4.39 Å². The van der Waals surface area contributed by atoms with Crippen LogP contribution in [0, 0.1) is 5.82 Å². The topological polar surface area (TPSA) is 58.2 Å². The van der Waals surface area contributed by atoms with Crippen molar-refractivity contribution in [1.29, 1.82) is 0 Å². The van der Waals surface area contributed by atoms with Crippen LogP contribution in [0.15, 0.2) is 60.7 Å². The van der Waals surface area contributed by atoms with Gasteiger partial charge in [-0.1, -0.05) is 42.5 Å². The van der Waals surface area contributed by atoms with Gasteiger partial charge in [0.15, 0.2) is 0 Å². The molecule has 1 aliphatic rings. The second-order valence-corrected chi connectivity index (χ2v) is 6.87. The Balaban J connectivity index is 1.57. The van der Waals surface area contributed by atoms with E-state index in [1.165, 1.54) is 12.1 Å². The van der Waals surface area contributed by atoms with E-state index < -0.39 is 11.7 Å². The Morgan fingerprint density at radius 1 is 1.11 bits per heavy atom. The third-order valence-corrected chi connectivity index (χ3v) is 5.00. The Morgan fingerprint density at radius 3 is 2.70 bits per heavy atom. The SMILES string of the molecule is CC(NC(=O)C1CC(=O)Nc2cc(F)ccc21)c1ccc2ccccc2c1. The van der Waals surface area contributed by atoms with E-state index in [-0.39, 0.29) is 24.3 Å². The van der Waals surface area contributed by atoms with Gasteiger partial charge in [0, 0.05) is 12.1 Å². The molecule has 0 bridgehead atoms. The lowest BCUT2D eigenvalue weighted by molar-refractivity contribution is -0.126. The predicted octanol–water partition coefficient (Wildman–Crippen LogP) is 4.28. The molecule has 0 saturated heterocycles. The molecule has 2 unspecified atom stereocenters. The summed E-state index contributed by atoms with van der Waals surface area (Å²) in [7, 11) is 0. The molecule has 3 aromatic carbocycles. The molecule has 136 valence electrons. The first-order valence-electron chi connectivity index (χ1n) is 8.89. The van der Waals surface area contributed by atoms with Crippen LogP contribution in [0.2, 0.25) is 0 Å². The lowest BCUT2D eigenvalue weighted by atomic mass is 9.89. The van der Waals surface area contributed by atoms with E-state index in [4.69, 9.17) is 0 Å². The second kappa shape index (κ2) is 6.83. The molecule has 3 aromatic rings. The number of hydrogen-bond acceptors (Lipinski definition) is 2. The van der Waals surface area contributed by atoms with Gasteiger partial charge >= 0.3 is 0 Å². The minimum atomic E-state index is -0.628. The number of halogens is 1. The van der Waals surface area contributed by atoms with E-state index in [9.17, 15) is 14.0 Å². The zero-order valence-corrected chi connectivity index (χ0v) is 14.8. The van der Waals surface area contributed by atoms with Crippen molar-refractivity contribution >= 4 is 28.3 Å². The number of hydrogen-bond donors (Lipinski definition) is 2. The molecule has 2 atom stereocenters. The Morgan fingerprint density at radius 2 is 1.89 bits per heavy atom. The summed E-state index contributed by atoms with van der Waals surface area (Å²) in [6.07, 6.45) is 0.0505. The average Bonchev–Trinajstić information content (AvgIpc) is 2.66. The molecule has 4 rings (SSSR count). The number of nitrogens with one attached hydrogen (secondary N) is 2. The summed E-state index contributed by atoms with van der Waals surface area (Å²) in [6.45, 7) is 1.91. The Bertz CT molecular complexity index is 1050. The predicted molar refractivity (Wildman–Crippen MR) is 103 cm³/mol. The summed E-state index contributed by atoms with van der Waals surface area (Å²) in [5.41, 5.74) is 1.99. The molecule has 1 aliphatic heterocycles. The van der Waals surface area contributed by atoms with Crippen LogP contribution in [-0.4, -0.2) is 11.8 Å². The highest BCUT2D eigenvalue weighted by molar-refractivity contribution is 6.01. The number of rotatable bonds is 3. The minimum Gasteiger partial charge on any atom is -0.349 e. The summed E-state index contributed by atoms with van der Waals surface area (Å²) >= 11 is 0. The van der Waals surface area contributed by atoms with Gasteiger partial charge in [0.25, 0.3) is 0 Å². The Labute approximate surface area is 156 Å². The first-order valence-corrected chi connectivity index (χ1v) is 8.89. The third-order valence-electron chi connectivity index (χ3n) is 5.00. The monoisotopic (exact) mass is 362 g/mol. The third kappa shape index (κ3) is 3.40. The number of fused-ring (bicyclic) bond motifs is 2. The van der Waals surface area contributed by atoms with Crippen LogP contribution in [0.4, 0.5) is 10.1 Å². The van der Waals surface area contributed by atoms with Crippen LogP contribution in [-0.2, 0) is 9.59 Å². The average molecular weight is 362 g/mol. The van der Waals surface area contributed by atoms with Crippen LogP contribution in [0.25, 0.3) is 10.8 Å². The van der Waals surface area contributed by atoms with Crippen molar-refractivity contribution in [2.45, 2.75) is 25.3 Å². The van der Waals surface area contributed by atoms with Crippen molar-refractivity contribution in [3.63, 3.8) is 0 Å². The van der Waals surface area contributed by atoms with Gasteiger partial charge in [-0.3, -0.25) is 9.59 Å². The molecule has 5 heteroatoms. The maximum absolute atomic E-state index is 13.5. The van der Waals surface area contributed by atoms with Crippen LogP contribution >= 0.6 is 0 Å². The van der Waals surface area contributed by atoms with Crippen LogP contribution in [0.3, 0.4) is 0 Å². The molecule has 0 spiro atoms. The smallest absolute Gasteiger partial charge is 0.228 e. The molecule has 1 heterocycles. The van der Waals surface area contributed by atoms with E-state index >= 15 is 0 Å². The first kappa shape index (κ1) is 17.2. The highest BCUT2D eigenvalue weighted by Crippen LogP contribution is 2.33. The normalized spacial score (nSPS) is 17.1. The van der Waals surface area contributed by atoms with Crippen LogP contribution in [0.1, 0.15) is 36.4 Å². The van der Waals surface area contributed by atoms with Crippen molar-refractivity contribution in [2.75, 3.05) is 5.32 Å². The lowest BCUT2D eigenvalue weighted by Crippen LogP contribution is -2.36. The van der Waals surface area contributed by atoms with E-state index in [1.807, 2.05) is 43.3 Å². The molecular formula is C22H19FN2O2. The molecule has 0 aliphatic carbocycles. The van der Waals surface area contributed by atoms with Gasteiger partial charge in [-0.15, -0.1) is 0 Å². The first-order chi connectivity index (χ1) is 13.0. The summed E-state index contributed by atoms with van der Waals surface area (Å²) in [4.78, 5) is 24.8. The maximum Gasteiger partial charge on any atom is 0.228 e. The van der Waals surface area contributed by atoms with Gasteiger partial charge < -0.3 is 10.6 Å². The summed E-state index contributed by atoms with van der Waals surface area (Å²) in [5.74, 6) is -1.60.